The van der Waals surface area contributed by atoms with Gasteiger partial charge in [-0.05, 0) is 18.2 Å². The molecule has 0 heterocycles. The van der Waals surface area contributed by atoms with E-state index in [0.29, 0.717) is 11.3 Å². The summed E-state index contributed by atoms with van der Waals surface area (Å²) >= 11 is 0. The van der Waals surface area contributed by atoms with Crippen molar-refractivity contribution < 1.29 is 14.3 Å². The highest BCUT2D eigenvalue weighted by atomic mass is 16.5. The van der Waals surface area contributed by atoms with Crippen molar-refractivity contribution in [3.8, 4) is 12.3 Å². The van der Waals surface area contributed by atoms with Crippen molar-refractivity contribution in [1.82, 2.24) is 0 Å². The van der Waals surface area contributed by atoms with Crippen LogP contribution in [0.1, 0.15) is 16.8 Å². The molecule has 0 aliphatic rings. The number of terminal acetylenes is 1. The molecule has 0 saturated heterocycles. The largest absolute Gasteiger partial charge is 0.465 e. The Hall–Kier alpha value is -2.28. The molecular weight excluding hydrogens is 206 g/mol. The highest BCUT2D eigenvalue weighted by molar-refractivity contribution is 5.95. The Morgan fingerprint density at radius 3 is 2.88 bits per heavy atom. The summed E-state index contributed by atoms with van der Waals surface area (Å²) in [4.78, 5) is 22.4. The van der Waals surface area contributed by atoms with Gasteiger partial charge in [-0.1, -0.05) is 12.0 Å². The maximum atomic E-state index is 11.2. The first-order chi connectivity index (χ1) is 7.67. The zero-order valence-electron chi connectivity index (χ0n) is 8.82. The number of ether oxygens (including phenoxy) is 1. The second-order valence-corrected chi connectivity index (χ2v) is 3.00. The summed E-state index contributed by atoms with van der Waals surface area (Å²) in [7, 11) is 1.30. The first-order valence-corrected chi connectivity index (χ1v) is 4.59. The molecule has 0 saturated carbocycles. The number of esters is 1. The Bertz CT molecular complexity index is 446. The Morgan fingerprint density at radius 2 is 2.25 bits per heavy atom. The molecule has 0 aliphatic carbocycles. The standard InChI is InChI=1S/C12H11NO3/c1-3-5-11(14)13-10-7-4-6-9(8-10)12(15)16-2/h1,4,6-8H,5H2,2H3,(H,13,14). The zero-order chi connectivity index (χ0) is 12.0. The zero-order valence-corrected chi connectivity index (χ0v) is 8.82. The molecule has 4 nitrogen and oxygen atoms in total. The summed E-state index contributed by atoms with van der Waals surface area (Å²) in [6.07, 6.45) is 5.00. The highest BCUT2D eigenvalue weighted by Gasteiger charge is 2.06. The lowest BCUT2D eigenvalue weighted by Gasteiger charge is -2.04. The van der Waals surface area contributed by atoms with Crippen LogP contribution in [-0.4, -0.2) is 19.0 Å². The maximum absolute atomic E-state index is 11.2. The van der Waals surface area contributed by atoms with E-state index in [4.69, 9.17) is 6.42 Å². The van der Waals surface area contributed by atoms with Crippen LogP contribution in [-0.2, 0) is 9.53 Å². The molecule has 0 aromatic heterocycles. The van der Waals surface area contributed by atoms with Gasteiger partial charge in [0.25, 0.3) is 0 Å². The molecule has 1 N–H and O–H groups in total. The van der Waals surface area contributed by atoms with E-state index in [0.717, 1.165) is 0 Å². The monoisotopic (exact) mass is 217 g/mol. The van der Waals surface area contributed by atoms with Crippen LogP contribution >= 0.6 is 0 Å². The van der Waals surface area contributed by atoms with Crippen LogP contribution in [0, 0.1) is 12.3 Å². The predicted molar refractivity (Wildman–Crippen MR) is 59.9 cm³/mol. The average Bonchev–Trinajstić information content (AvgIpc) is 2.28. The van der Waals surface area contributed by atoms with E-state index >= 15 is 0 Å². The number of benzene rings is 1. The first kappa shape index (κ1) is 11.8. The third-order valence-electron chi connectivity index (χ3n) is 1.83. The lowest BCUT2D eigenvalue weighted by Crippen LogP contribution is -2.11. The Labute approximate surface area is 93.6 Å². The Balaban J connectivity index is 2.79. The predicted octanol–water partition coefficient (Wildman–Crippen LogP) is 1.43. The molecule has 1 aromatic rings. The van der Waals surface area contributed by atoms with Crippen molar-refractivity contribution in [2.24, 2.45) is 0 Å². The second kappa shape index (κ2) is 5.56. The molecule has 82 valence electrons. The fraction of sp³-hybridized carbons (Fsp3) is 0.167. The number of rotatable bonds is 3. The third kappa shape index (κ3) is 3.14. The quantitative estimate of drug-likeness (QED) is 0.615. The van der Waals surface area contributed by atoms with E-state index in [-0.39, 0.29) is 12.3 Å². The van der Waals surface area contributed by atoms with Gasteiger partial charge < -0.3 is 10.1 Å². The molecule has 0 fully saturated rings. The fourth-order valence-corrected chi connectivity index (χ4v) is 1.14. The van der Waals surface area contributed by atoms with E-state index < -0.39 is 5.97 Å². The smallest absolute Gasteiger partial charge is 0.337 e. The van der Waals surface area contributed by atoms with E-state index in [1.54, 1.807) is 18.2 Å². The molecular formula is C12H11NO3. The number of anilines is 1. The van der Waals surface area contributed by atoms with Gasteiger partial charge >= 0.3 is 5.97 Å². The number of carbonyl (C=O) groups excluding carboxylic acids is 2. The molecule has 0 atom stereocenters. The average molecular weight is 217 g/mol. The maximum Gasteiger partial charge on any atom is 0.337 e. The lowest BCUT2D eigenvalue weighted by molar-refractivity contribution is -0.115. The number of hydrogen-bond acceptors (Lipinski definition) is 3. The molecule has 1 amide bonds. The minimum Gasteiger partial charge on any atom is -0.465 e. The molecule has 16 heavy (non-hydrogen) atoms. The van der Waals surface area contributed by atoms with Crippen molar-refractivity contribution >= 4 is 17.6 Å². The van der Waals surface area contributed by atoms with Crippen molar-refractivity contribution in [3.63, 3.8) is 0 Å². The minimum absolute atomic E-state index is 0.00243. The summed E-state index contributed by atoms with van der Waals surface area (Å²) in [5, 5.41) is 2.57. The number of carbonyl (C=O) groups is 2. The van der Waals surface area contributed by atoms with Crippen molar-refractivity contribution in [2.75, 3.05) is 12.4 Å². The normalized spacial score (nSPS) is 9.00. The molecule has 0 bridgehead atoms. The van der Waals surface area contributed by atoms with Gasteiger partial charge in [-0.15, -0.1) is 6.42 Å². The first-order valence-electron chi connectivity index (χ1n) is 4.59. The van der Waals surface area contributed by atoms with Gasteiger partial charge in [0.2, 0.25) is 5.91 Å². The van der Waals surface area contributed by atoms with Gasteiger partial charge in [0, 0.05) is 5.69 Å². The molecule has 0 radical (unpaired) electrons. The van der Waals surface area contributed by atoms with Gasteiger partial charge in [0.1, 0.15) is 0 Å². The van der Waals surface area contributed by atoms with E-state index in [2.05, 4.69) is 16.0 Å². The van der Waals surface area contributed by atoms with Crippen LogP contribution in [0.15, 0.2) is 24.3 Å². The van der Waals surface area contributed by atoms with Gasteiger partial charge in [0.15, 0.2) is 0 Å². The van der Waals surface area contributed by atoms with Gasteiger partial charge in [-0.25, -0.2) is 4.79 Å². The van der Waals surface area contributed by atoms with Crippen LogP contribution in [0.3, 0.4) is 0 Å². The molecule has 0 unspecified atom stereocenters. The number of methoxy groups -OCH3 is 1. The van der Waals surface area contributed by atoms with Crippen LogP contribution < -0.4 is 5.32 Å². The van der Waals surface area contributed by atoms with Crippen LogP contribution in [0.5, 0.6) is 0 Å². The van der Waals surface area contributed by atoms with Crippen LogP contribution in [0.2, 0.25) is 0 Å². The lowest BCUT2D eigenvalue weighted by atomic mass is 10.2. The molecule has 4 heteroatoms. The minimum atomic E-state index is -0.451. The second-order valence-electron chi connectivity index (χ2n) is 3.00. The Kier molecular flexibility index (Phi) is 4.10. The summed E-state index contributed by atoms with van der Waals surface area (Å²) in [5.41, 5.74) is 0.893. The Morgan fingerprint density at radius 1 is 1.50 bits per heavy atom. The van der Waals surface area contributed by atoms with E-state index in [1.807, 2.05) is 0 Å². The number of nitrogens with one attached hydrogen (secondary N) is 1. The van der Waals surface area contributed by atoms with Crippen molar-refractivity contribution in [2.45, 2.75) is 6.42 Å². The summed E-state index contributed by atoms with van der Waals surface area (Å²) in [6.45, 7) is 0. The third-order valence-corrected chi connectivity index (χ3v) is 1.83. The highest BCUT2D eigenvalue weighted by Crippen LogP contribution is 2.11. The SMILES string of the molecule is C#CCC(=O)Nc1cccc(C(=O)OC)c1. The van der Waals surface area contributed by atoms with Gasteiger partial charge in [-0.2, -0.15) is 0 Å². The molecule has 0 spiro atoms. The topological polar surface area (TPSA) is 55.4 Å². The van der Waals surface area contributed by atoms with E-state index in [1.165, 1.54) is 13.2 Å². The number of hydrogen-bond donors (Lipinski definition) is 1. The molecule has 1 rings (SSSR count). The van der Waals surface area contributed by atoms with Gasteiger partial charge in [-0.3, -0.25) is 4.79 Å². The van der Waals surface area contributed by atoms with Crippen LogP contribution in [0.25, 0.3) is 0 Å². The van der Waals surface area contributed by atoms with Gasteiger partial charge in [0.05, 0.1) is 19.1 Å². The summed E-state index contributed by atoms with van der Waals surface area (Å²) in [6, 6.07) is 6.45. The van der Waals surface area contributed by atoms with E-state index in [9.17, 15) is 9.59 Å². The van der Waals surface area contributed by atoms with Crippen LogP contribution in [0.4, 0.5) is 5.69 Å². The molecule has 0 aliphatic heterocycles. The summed E-state index contributed by atoms with van der Waals surface area (Å²) in [5.74, 6) is 1.49. The van der Waals surface area contributed by atoms with Crippen molar-refractivity contribution in [3.05, 3.63) is 29.8 Å². The number of amides is 1. The molecule has 1 aromatic carbocycles. The van der Waals surface area contributed by atoms with Crippen molar-refractivity contribution in [1.29, 1.82) is 0 Å². The summed E-state index contributed by atoms with van der Waals surface area (Å²) < 4.78 is 4.56. The fourth-order valence-electron chi connectivity index (χ4n) is 1.14.